The van der Waals surface area contributed by atoms with Crippen LogP contribution in [-0.4, -0.2) is 10.0 Å². The number of unbranched alkanes of at least 4 members (excludes halogenated alkanes) is 9. The minimum Gasteiger partial charge on any atom is -0.506 e. The van der Waals surface area contributed by atoms with E-state index in [0.717, 1.165) is 17.4 Å². The standard InChI is InChI=1S/C24H34N2O3S/c1-2-3-4-5-6-7-8-9-10-11-12-19-13-15-20(16-14-19)30-24-17-21(25)23(27)18-22(24)26(28)29/h13-18,27H,2-12,25H2,1H3. The normalized spacial score (nSPS) is 11.0. The molecule has 2 rings (SSSR count). The molecule has 6 heteroatoms. The Hall–Kier alpha value is -2.21. The molecule has 0 aromatic heterocycles. The highest BCUT2D eigenvalue weighted by Crippen LogP contribution is 2.39. The molecule has 30 heavy (non-hydrogen) atoms. The van der Waals surface area contributed by atoms with E-state index in [2.05, 4.69) is 19.1 Å². The fourth-order valence-electron chi connectivity index (χ4n) is 3.47. The van der Waals surface area contributed by atoms with Crippen molar-refractivity contribution in [2.75, 3.05) is 5.73 Å². The van der Waals surface area contributed by atoms with Crippen LogP contribution in [0, 0.1) is 10.1 Å². The van der Waals surface area contributed by atoms with Gasteiger partial charge >= 0.3 is 0 Å². The fourth-order valence-corrected chi connectivity index (χ4v) is 4.42. The van der Waals surface area contributed by atoms with Crippen LogP contribution in [0.3, 0.4) is 0 Å². The summed E-state index contributed by atoms with van der Waals surface area (Å²) in [6.45, 7) is 2.25. The van der Waals surface area contributed by atoms with Crippen molar-refractivity contribution in [2.45, 2.75) is 87.3 Å². The number of nitro benzene ring substituents is 1. The van der Waals surface area contributed by atoms with E-state index in [0.29, 0.717) is 4.90 Å². The summed E-state index contributed by atoms with van der Waals surface area (Å²) >= 11 is 1.29. The topological polar surface area (TPSA) is 89.4 Å². The summed E-state index contributed by atoms with van der Waals surface area (Å²) in [7, 11) is 0. The molecule has 0 aliphatic heterocycles. The van der Waals surface area contributed by atoms with Crippen LogP contribution in [0.25, 0.3) is 0 Å². The Kier molecular flexibility index (Phi) is 10.6. The SMILES string of the molecule is CCCCCCCCCCCCc1ccc(Sc2cc(N)c(O)cc2[N+](=O)[O-])cc1. The lowest BCUT2D eigenvalue weighted by molar-refractivity contribution is -0.387. The molecule has 0 bridgehead atoms. The van der Waals surface area contributed by atoms with Crippen LogP contribution in [0.15, 0.2) is 46.2 Å². The third-order valence-electron chi connectivity index (χ3n) is 5.28. The second-order valence-corrected chi connectivity index (χ2v) is 8.93. The number of phenolic OH excluding ortho intramolecular Hbond substituents is 1. The number of nitrogen functional groups attached to an aromatic ring is 1. The number of rotatable bonds is 14. The highest BCUT2D eigenvalue weighted by molar-refractivity contribution is 7.99. The third-order valence-corrected chi connectivity index (χ3v) is 6.33. The van der Waals surface area contributed by atoms with Crippen LogP contribution in [0.1, 0.15) is 76.7 Å². The van der Waals surface area contributed by atoms with Crippen molar-refractivity contribution in [3.63, 3.8) is 0 Å². The first-order valence-corrected chi connectivity index (χ1v) is 11.9. The lowest BCUT2D eigenvalue weighted by Crippen LogP contribution is -1.94. The van der Waals surface area contributed by atoms with Gasteiger partial charge < -0.3 is 10.8 Å². The zero-order valence-electron chi connectivity index (χ0n) is 17.9. The minimum atomic E-state index is -0.499. The van der Waals surface area contributed by atoms with Crippen molar-refractivity contribution in [2.24, 2.45) is 0 Å². The monoisotopic (exact) mass is 430 g/mol. The highest BCUT2D eigenvalue weighted by atomic mass is 32.2. The quantitative estimate of drug-likeness (QED) is 0.106. The molecule has 0 atom stereocenters. The third kappa shape index (κ3) is 8.27. The zero-order valence-corrected chi connectivity index (χ0v) is 18.8. The number of hydrogen-bond acceptors (Lipinski definition) is 5. The number of aromatic hydroxyl groups is 1. The molecule has 2 aromatic rings. The molecule has 3 N–H and O–H groups in total. The number of nitrogens with two attached hydrogens (primary N) is 1. The van der Waals surface area contributed by atoms with Gasteiger partial charge in [-0.3, -0.25) is 10.1 Å². The van der Waals surface area contributed by atoms with Crippen LogP contribution in [0.2, 0.25) is 0 Å². The van der Waals surface area contributed by atoms with Gasteiger partial charge in [0.15, 0.2) is 0 Å². The van der Waals surface area contributed by atoms with Crippen LogP contribution in [0.5, 0.6) is 5.75 Å². The Morgan fingerprint density at radius 3 is 2.07 bits per heavy atom. The molecule has 0 unspecified atom stereocenters. The summed E-state index contributed by atoms with van der Waals surface area (Å²) in [5.74, 6) is -0.266. The summed E-state index contributed by atoms with van der Waals surface area (Å²) in [4.78, 5) is 12.1. The van der Waals surface area contributed by atoms with E-state index in [1.807, 2.05) is 12.1 Å². The summed E-state index contributed by atoms with van der Waals surface area (Å²) in [6.07, 6.45) is 14.4. The smallest absolute Gasteiger partial charge is 0.287 e. The molecule has 0 spiro atoms. The van der Waals surface area contributed by atoms with E-state index in [-0.39, 0.29) is 17.1 Å². The van der Waals surface area contributed by atoms with Gasteiger partial charge in [0.25, 0.3) is 5.69 Å². The van der Waals surface area contributed by atoms with E-state index >= 15 is 0 Å². The molecule has 0 fully saturated rings. The molecule has 0 aliphatic carbocycles. The van der Waals surface area contributed by atoms with Gasteiger partial charge in [-0.25, -0.2) is 0 Å². The van der Waals surface area contributed by atoms with Gasteiger partial charge in [-0.2, -0.15) is 0 Å². The Labute approximate surface area is 184 Å². The Balaban J connectivity index is 1.73. The minimum absolute atomic E-state index is 0.138. The zero-order chi connectivity index (χ0) is 21.8. The first kappa shape index (κ1) is 24.1. The molecular weight excluding hydrogens is 396 g/mol. The highest BCUT2D eigenvalue weighted by Gasteiger charge is 2.18. The maximum absolute atomic E-state index is 11.2. The number of nitrogens with zero attached hydrogens (tertiary/aromatic N) is 1. The summed E-state index contributed by atoms with van der Waals surface area (Å²) < 4.78 is 0. The van der Waals surface area contributed by atoms with Gasteiger partial charge in [-0.15, -0.1) is 0 Å². The maximum Gasteiger partial charge on any atom is 0.287 e. The predicted octanol–water partition coefficient (Wildman–Crippen LogP) is 7.50. The number of aryl methyl sites for hydroxylation is 1. The second kappa shape index (κ2) is 13.2. The van der Waals surface area contributed by atoms with Gasteiger partial charge in [0, 0.05) is 4.90 Å². The number of anilines is 1. The Morgan fingerprint density at radius 1 is 0.933 bits per heavy atom. The lowest BCUT2D eigenvalue weighted by Gasteiger charge is -2.07. The van der Waals surface area contributed by atoms with E-state index in [4.69, 9.17) is 5.73 Å². The lowest BCUT2D eigenvalue weighted by atomic mass is 10.0. The largest absolute Gasteiger partial charge is 0.506 e. The molecule has 164 valence electrons. The van der Waals surface area contributed by atoms with Gasteiger partial charge in [0.05, 0.1) is 21.6 Å². The second-order valence-electron chi connectivity index (χ2n) is 7.81. The molecule has 2 aromatic carbocycles. The molecule has 0 aliphatic rings. The Morgan fingerprint density at radius 2 is 1.50 bits per heavy atom. The molecule has 0 saturated carbocycles. The average molecular weight is 431 g/mol. The van der Waals surface area contributed by atoms with Crippen LogP contribution in [0.4, 0.5) is 11.4 Å². The number of phenols is 1. The average Bonchev–Trinajstić information content (AvgIpc) is 2.73. The van der Waals surface area contributed by atoms with Gasteiger partial charge in [-0.05, 0) is 36.6 Å². The van der Waals surface area contributed by atoms with E-state index in [9.17, 15) is 15.2 Å². The summed E-state index contributed by atoms with van der Waals surface area (Å²) in [5, 5.41) is 20.9. The van der Waals surface area contributed by atoms with Crippen molar-refractivity contribution in [3.8, 4) is 5.75 Å². The summed E-state index contributed by atoms with van der Waals surface area (Å²) in [5.41, 5.74) is 7.00. The van der Waals surface area contributed by atoms with Crippen molar-refractivity contribution < 1.29 is 10.0 Å². The van der Waals surface area contributed by atoms with E-state index in [1.54, 1.807) is 0 Å². The molecule has 0 heterocycles. The Bertz CT molecular complexity index is 794. The van der Waals surface area contributed by atoms with Gasteiger partial charge in [-0.1, -0.05) is 88.6 Å². The van der Waals surface area contributed by atoms with E-state index in [1.165, 1.54) is 87.6 Å². The van der Waals surface area contributed by atoms with Crippen molar-refractivity contribution in [3.05, 3.63) is 52.1 Å². The predicted molar refractivity (Wildman–Crippen MR) is 125 cm³/mol. The molecule has 5 nitrogen and oxygen atoms in total. The first-order valence-electron chi connectivity index (χ1n) is 11.0. The van der Waals surface area contributed by atoms with Crippen molar-refractivity contribution >= 4 is 23.1 Å². The van der Waals surface area contributed by atoms with Gasteiger partial charge in [0.2, 0.25) is 0 Å². The molecule has 0 saturated heterocycles. The number of hydrogen-bond donors (Lipinski definition) is 2. The summed E-state index contributed by atoms with van der Waals surface area (Å²) in [6, 6.07) is 10.7. The van der Waals surface area contributed by atoms with Crippen molar-refractivity contribution in [1.29, 1.82) is 0 Å². The number of benzene rings is 2. The molecule has 0 amide bonds. The van der Waals surface area contributed by atoms with E-state index < -0.39 is 4.92 Å². The van der Waals surface area contributed by atoms with Crippen LogP contribution in [-0.2, 0) is 6.42 Å². The number of nitro groups is 1. The van der Waals surface area contributed by atoms with Crippen LogP contribution < -0.4 is 5.73 Å². The van der Waals surface area contributed by atoms with Gasteiger partial charge in [0.1, 0.15) is 5.75 Å². The maximum atomic E-state index is 11.2. The fraction of sp³-hybridized carbons (Fsp3) is 0.500. The molecule has 0 radical (unpaired) electrons. The first-order chi connectivity index (χ1) is 14.5. The van der Waals surface area contributed by atoms with Crippen LogP contribution >= 0.6 is 11.8 Å². The molecular formula is C24H34N2O3S. The van der Waals surface area contributed by atoms with Crippen molar-refractivity contribution in [1.82, 2.24) is 0 Å².